The Balaban J connectivity index is 1.58. The predicted octanol–water partition coefficient (Wildman–Crippen LogP) is 4.02. The van der Waals surface area contributed by atoms with E-state index >= 15 is 0 Å². The zero-order valence-corrected chi connectivity index (χ0v) is 14.7. The molecule has 0 spiro atoms. The Hall–Kier alpha value is -2.69. The van der Waals surface area contributed by atoms with Crippen LogP contribution in [0.5, 0.6) is 0 Å². The van der Waals surface area contributed by atoms with E-state index in [2.05, 4.69) is 5.32 Å². The molecule has 1 aliphatic heterocycles. The van der Waals surface area contributed by atoms with Gasteiger partial charge in [0.1, 0.15) is 5.82 Å². The fourth-order valence-corrected chi connectivity index (χ4v) is 3.18. The SMILES string of the molecule is O=C(CCc1ccccc1F)Nc1cccc(C(=O)N2CCCCC2)c1. The molecule has 5 heteroatoms. The van der Waals surface area contributed by atoms with E-state index in [0.29, 0.717) is 23.2 Å². The van der Waals surface area contributed by atoms with Crippen LogP contribution in [0.4, 0.5) is 10.1 Å². The van der Waals surface area contributed by atoms with E-state index < -0.39 is 0 Å². The molecule has 3 rings (SSSR count). The van der Waals surface area contributed by atoms with Crippen LogP contribution in [0.1, 0.15) is 41.6 Å². The molecule has 1 heterocycles. The second-order valence-electron chi connectivity index (χ2n) is 6.57. The Morgan fingerprint density at radius 3 is 2.54 bits per heavy atom. The maximum Gasteiger partial charge on any atom is 0.253 e. The van der Waals surface area contributed by atoms with Gasteiger partial charge in [0.05, 0.1) is 0 Å². The molecule has 2 amide bonds. The molecule has 1 saturated heterocycles. The lowest BCUT2D eigenvalue weighted by atomic mass is 10.1. The number of benzene rings is 2. The Bertz CT molecular complexity index is 785. The molecule has 1 fully saturated rings. The molecule has 0 aromatic heterocycles. The van der Waals surface area contributed by atoms with Gasteiger partial charge >= 0.3 is 0 Å². The van der Waals surface area contributed by atoms with Crippen molar-refractivity contribution in [2.24, 2.45) is 0 Å². The number of hydrogen-bond donors (Lipinski definition) is 1. The Kier molecular flexibility index (Phi) is 6.00. The first-order chi connectivity index (χ1) is 12.6. The van der Waals surface area contributed by atoms with E-state index in [0.717, 1.165) is 25.9 Å². The molecule has 1 N–H and O–H groups in total. The minimum atomic E-state index is -0.297. The summed E-state index contributed by atoms with van der Waals surface area (Å²) >= 11 is 0. The van der Waals surface area contributed by atoms with Crippen molar-refractivity contribution in [3.05, 3.63) is 65.5 Å². The van der Waals surface area contributed by atoms with Crippen LogP contribution in [-0.4, -0.2) is 29.8 Å². The number of nitrogens with zero attached hydrogens (tertiary/aromatic N) is 1. The largest absolute Gasteiger partial charge is 0.339 e. The van der Waals surface area contributed by atoms with E-state index in [9.17, 15) is 14.0 Å². The lowest BCUT2D eigenvalue weighted by molar-refractivity contribution is -0.116. The molecule has 4 nitrogen and oxygen atoms in total. The molecule has 0 unspecified atom stereocenters. The van der Waals surface area contributed by atoms with Crippen LogP contribution in [0.2, 0.25) is 0 Å². The first-order valence-electron chi connectivity index (χ1n) is 9.06. The molecular formula is C21H23FN2O2. The molecule has 0 saturated carbocycles. The number of hydrogen-bond acceptors (Lipinski definition) is 2. The highest BCUT2D eigenvalue weighted by Crippen LogP contribution is 2.17. The first-order valence-corrected chi connectivity index (χ1v) is 9.06. The Morgan fingerprint density at radius 1 is 1.00 bits per heavy atom. The highest BCUT2D eigenvalue weighted by atomic mass is 19.1. The number of anilines is 1. The number of rotatable bonds is 5. The maximum atomic E-state index is 13.6. The van der Waals surface area contributed by atoms with Gasteiger partial charge < -0.3 is 10.2 Å². The first kappa shape index (κ1) is 18.1. The summed E-state index contributed by atoms with van der Waals surface area (Å²) in [5.41, 5.74) is 1.70. The standard InChI is InChI=1S/C21H23FN2O2/c22-19-10-3-2-7-16(19)11-12-20(25)23-18-9-6-8-17(15-18)21(26)24-13-4-1-5-14-24/h2-3,6-10,15H,1,4-5,11-14H2,(H,23,25). The fraction of sp³-hybridized carbons (Fsp3) is 0.333. The molecule has 2 aromatic rings. The molecular weight excluding hydrogens is 331 g/mol. The summed E-state index contributed by atoms with van der Waals surface area (Å²) in [6.07, 6.45) is 3.77. The topological polar surface area (TPSA) is 49.4 Å². The second kappa shape index (κ2) is 8.61. The Morgan fingerprint density at radius 2 is 1.77 bits per heavy atom. The van der Waals surface area contributed by atoms with Crippen LogP contribution in [0, 0.1) is 5.82 Å². The smallest absolute Gasteiger partial charge is 0.253 e. The zero-order chi connectivity index (χ0) is 18.4. The number of halogens is 1. The van der Waals surface area contributed by atoms with Crippen molar-refractivity contribution in [3.8, 4) is 0 Å². The van der Waals surface area contributed by atoms with Gasteiger partial charge in [-0.15, -0.1) is 0 Å². The molecule has 0 bridgehead atoms. The molecule has 0 atom stereocenters. The van der Waals surface area contributed by atoms with Gasteiger partial charge in [-0.3, -0.25) is 9.59 Å². The normalized spacial score (nSPS) is 14.1. The van der Waals surface area contributed by atoms with Crippen molar-refractivity contribution in [1.29, 1.82) is 0 Å². The lowest BCUT2D eigenvalue weighted by Crippen LogP contribution is -2.35. The number of carbonyl (C=O) groups excluding carboxylic acids is 2. The Labute approximate surface area is 153 Å². The van der Waals surface area contributed by atoms with Crippen molar-refractivity contribution < 1.29 is 14.0 Å². The third kappa shape index (κ3) is 4.69. The van der Waals surface area contributed by atoms with Gasteiger partial charge in [0.15, 0.2) is 0 Å². The quantitative estimate of drug-likeness (QED) is 0.881. The van der Waals surface area contributed by atoms with Crippen LogP contribution in [0.3, 0.4) is 0 Å². The number of aryl methyl sites for hydroxylation is 1. The number of amides is 2. The average Bonchev–Trinajstić information content (AvgIpc) is 2.68. The summed E-state index contributed by atoms with van der Waals surface area (Å²) < 4.78 is 13.6. The number of likely N-dealkylation sites (tertiary alicyclic amines) is 1. The fourth-order valence-electron chi connectivity index (χ4n) is 3.18. The van der Waals surface area contributed by atoms with E-state index in [1.807, 2.05) is 4.90 Å². The van der Waals surface area contributed by atoms with Crippen molar-refractivity contribution in [1.82, 2.24) is 4.90 Å². The summed E-state index contributed by atoms with van der Waals surface area (Å²) in [5.74, 6) is -0.489. The number of carbonyl (C=O) groups is 2. The van der Waals surface area contributed by atoms with Crippen molar-refractivity contribution in [2.75, 3.05) is 18.4 Å². The van der Waals surface area contributed by atoms with E-state index in [1.54, 1.807) is 42.5 Å². The summed E-state index contributed by atoms with van der Waals surface area (Å²) in [7, 11) is 0. The highest BCUT2D eigenvalue weighted by Gasteiger charge is 2.18. The van der Waals surface area contributed by atoms with Gasteiger partial charge in [0, 0.05) is 30.8 Å². The van der Waals surface area contributed by atoms with Gasteiger partial charge in [-0.1, -0.05) is 24.3 Å². The molecule has 0 aliphatic carbocycles. The van der Waals surface area contributed by atoms with Gasteiger partial charge in [0.2, 0.25) is 5.91 Å². The van der Waals surface area contributed by atoms with Crippen molar-refractivity contribution in [2.45, 2.75) is 32.1 Å². The molecule has 2 aromatic carbocycles. The van der Waals surface area contributed by atoms with Crippen LogP contribution in [-0.2, 0) is 11.2 Å². The van der Waals surface area contributed by atoms with Crippen molar-refractivity contribution in [3.63, 3.8) is 0 Å². The number of piperidine rings is 1. The predicted molar refractivity (Wildman–Crippen MR) is 99.5 cm³/mol. The van der Waals surface area contributed by atoms with Crippen molar-refractivity contribution >= 4 is 17.5 Å². The summed E-state index contributed by atoms with van der Waals surface area (Å²) in [4.78, 5) is 26.6. The van der Waals surface area contributed by atoms with Gasteiger partial charge in [-0.25, -0.2) is 4.39 Å². The second-order valence-corrected chi connectivity index (χ2v) is 6.57. The van der Waals surface area contributed by atoms with E-state index in [1.165, 1.54) is 12.5 Å². The van der Waals surface area contributed by atoms with Crippen LogP contribution < -0.4 is 5.32 Å². The van der Waals surface area contributed by atoms with E-state index in [4.69, 9.17) is 0 Å². The highest BCUT2D eigenvalue weighted by molar-refractivity contribution is 5.97. The summed E-state index contributed by atoms with van der Waals surface area (Å²) in [6.45, 7) is 1.58. The minimum absolute atomic E-state index is 0.00663. The van der Waals surface area contributed by atoms with Gasteiger partial charge in [-0.2, -0.15) is 0 Å². The third-order valence-electron chi connectivity index (χ3n) is 4.62. The van der Waals surface area contributed by atoms with Gasteiger partial charge in [0.25, 0.3) is 5.91 Å². The summed E-state index contributed by atoms with van der Waals surface area (Å²) in [6, 6.07) is 13.5. The monoisotopic (exact) mass is 354 g/mol. The third-order valence-corrected chi connectivity index (χ3v) is 4.62. The molecule has 26 heavy (non-hydrogen) atoms. The average molecular weight is 354 g/mol. The van der Waals surface area contributed by atoms with E-state index in [-0.39, 0.29) is 24.1 Å². The summed E-state index contributed by atoms with van der Waals surface area (Å²) in [5, 5.41) is 2.80. The number of nitrogens with one attached hydrogen (secondary N) is 1. The molecule has 136 valence electrons. The molecule has 1 aliphatic rings. The van der Waals surface area contributed by atoms with Crippen LogP contribution >= 0.6 is 0 Å². The molecule has 0 radical (unpaired) electrons. The van der Waals surface area contributed by atoms with Crippen LogP contribution in [0.15, 0.2) is 48.5 Å². The maximum absolute atomic E-state index is 13.6. The zero-order valence-electron chi connectivity index (χ0n) is 14.7. The lowest BCUT2D eigenvalue weighted by Gasteiger charge is -2.26. The van der Waals surface area contributed by atoms with Crippen LogP contribution in [0.25, 0.3) is 0 Å². The van der Waals surface area contributed by atoms with Gasteiger partial charge in [-0.05, 0) is 55.5 Å². The minimum Gasteiger partial charge on any atom is -0.339 e.